The van der Waals surface area contributed by atoms with E-state index in [1.807, 2.05) is 6.07 Å². The Labute approximate surface area is 63.0 Å². The first-order valence-corrected chi connectivity index (χ1v) is 3.29. The van der Waals surface area contributed by atoms with Crippen LogP contribution < -0.4 is 5.73 Å². The van der Waals surface area contributed by atoms with Crippen molar-refractivity contribution in [1.29, 1.82) is 0 Å². The Morgan fingerprint density at radius 3 is 2.91 bits per heavy atom. The van der Waals surface area contributed by atoms with Crippen molar-refractivity contribution in [3.8, 4) is 0 Å². The first-order valence-electron chi connectivity index (χ1n) is 3.29. The summed E-state index contributed by atoms with van der Waals surface area (Å²) in [4.78, 5) is 0. The van der Waals surface area contributed by atoms with Crippen LogP contribution in [0.2, 0.25) is 0 Å². The number of hydrogen-bond acceptors (Lipinski definition) is 4. The van der Waals surface area contributed by atoms with E-state index in [1.54, 1.807) is 12.4 Å². The molecule has 0 aromatic carbocycles. The van der Waals surface area contributed by atoms with Crippen molar-refractivity contribution in [3.05, 3.63) is 24.2 Å². The molecule has 0 amide bonds. The van der Waals surface area contributed by atoms with Gasteiger partial charge >= 0.3 is 0 Å². The predicted molar refractivity (Wildman–Crippen MR) is 39.7 cm³/mol. The van der Waals surface area contributed by atoms with Gasteiger partial charge < -0.3 is 10.2 Å². The highest BCUT2D eigenvalue weighted by molar-refractivity contribution is 5.75. The summed E-state index contributed by atoms with van der Waals surface area (Å²) < 4.78 is 5.29. The number of aromatic nitrogens is 2. The topological polar surface area (TPSA) is 64.9 Å². The van der Waals surface area contributed by atoms with Gasteiger partial charge in [0, 0.05) is 5.39 Å². The second kappa shape index (κ2) is 2.32. The van der Waals surface area contributed by atoms with Crippen LogP contribution in [-0.2, 0) is 6.54 Å². The first kappa shape index (κ1) is 6.30. The minimum atomic E-state index is 0.411. The van der Waals surface area contributed by atoms with Crippen molar-refractivity contribution in [2.24, 2.45) is 5.73 Å². The van der Waals surface area contributed by atoms with Gasteiger partial charge in [-0.2, -0.15) is 10.2 Å². The summed E-state index contributed by atoms with van der Waals surface area (Å²) in [6.45, 7) is 0.411. The summed E-state index contributed by atoms with van der Waals surface area (Å²) in [5, 5.41) is 8.33. The average molecular weight is 149 g/mol. The van der Waals surface area contributed by atoms with Gasteiger partial charge in [0.05, 0.1) is 18.9 Å². The molecule has 2 N–H and O–H groups in total. The Balaban J connectivity index is 2.69. The number of fused-ring (bicyclic) bond motifs is 1. The van der Waals surface area contributed by atoms with E-state index in [0.29, 0.717) is 6.54 Å². The molecule has 0 saturated carbocycles. The van der Waals surface area contributed by atoms with Gasteiger partial charge in [0.1, 0.15) is 5.76 Å². The highest BCUT2D eigenvalue weighted by Crippen LogP contribution is 2.15. The molecule has 2 rings (SSSR count). The lowest BCUT2D eigenvalue weighted by atomic mass is 10.3. The van der Waals surface area contributed by atoms with Crippen LogP contribution in [0.25, 0.3) is 11.0 Å². The first-order chi connectivity index (χ1) is 5.40. The van der Waals surface area contributed by atoms with Gasteiger partial charge in [0.25, 0.3) is 0 Å². The van der Waals surface area contributed by atoms with Crippen molar-refractivity contribution in [2.75, 3.05) is 0 Å². The van der Waals surface area contributed by atoms with Crippen LogP contribution >= 0.6 is 0 Å². The molecule has 4 nitrogen and oxygen atoms in total. The largest absolute Gasteiger partial charge is 0.458 e. The summed E-state index contributed by atoms with van der Waals surface area (Å²) in [6, 6.07) is 1.87. The van der Waals surface area contributed by atoms with Crippen LogP contribution in [0.5, 0.6) is 0 Å². The van der Waals surface area contributed by atoms with Gasteiger partial charge in [-0.15, -0.1) is 0 Å². The third-order valence-corrected chi connectivity index (χ3v) is 1.48. The van der Waals surface area contributed by atoms with Gasteiger partial charge in [-0.25, -0.2) is 0 Å². The lowest BCUT2D eigenvalue weighted by Gasteiger charge is -1.83. The van der Waals surface area contributed by atoms with E-state index >= 15 is 0 Å². The smallest absolute Gasteiger partial charge is 0.156 e. The maximum absolute atomic E-state index is 5.38. The highest BCUT2D eigenvalue weighted by Gasteiger charge is 2.00. The summed E-state index contributed by atoms with van der Waals surface area (Å²) in [5.41, 5.74) is 6.12. The van der Waals surface area contributed by atoms with Crippen LogP contribution in [-0.4, -0.2) is 10.2 Å². The molecular formula is C7H7N3O. The molecule has 2 aromatic rings. The molecule has 0 bridgehead atoms. The van der Waals surface area contributed by atoms with Gasteiger partial charge in [0.2, 0.25) is 0 Å². The molecule has 56 valence electrons. The molecule has 0 aliphatic carbocycles. The lowest BCUT2D eigenvalue weighted by Crippen LogP contribution is -1.92. The third-order valence-electron chi connectivity index (χ3n) is 1.48. The van der Waals surface area contributed by atoms with Crippen molar-refractivity contribution in [2.45, 2.75) is 6.54 Å². The molecule has 2 heterocycles. The van der Waals surface area contributed by atoms with E-state index in [-0.39, 0.29) is 0 Å². The minimum Gasteiger partial charge on any atom is -0.458 e. The molecule has 0 fully saturated rings. The summed E-state index contributed by atoms with van der Waals surface area (Å²) in [7, 11) is 0. The highest BCUT2D eigenvalue weighted by atomic mass is 16.3. The van der Waals surface area contributed by atoms with Gasteiger partial charge in [-0.05, 0) is 6.07 Å². The van der Waals surface area contributed by atoms with E-state index in [0.717, 1.165) is 16.7 Å². The van der Waals surface area contributed by atoms with Crippen LogP contribution in [0.15, 0.2) is 22.9 Å². The summed E-state index contributed by atoms with van der Waals surface area (Å²) in [6.07, 6.45) is 3.23. The standard InChI is InChI=1S/C7H7N3O/c8-2-6-1-5-3-9-10-4-7(5)11-6/h1,3-4H,2,8H2. The minimum absolute atomic E-state index is 0.411. The SMILES string of the molecule is NCc1cc2cnncc2o1. The lowest BCUT2D eigenvalue weighted by molar-refractivity contribution is 0.550. The van der Waals surface area contributed by atoms with Crippen molar-refractivity contribution in [1.82, 2.24) is 10.2 Å². The number of nitrogens with zero attached hydrogens (tertiary/aromatic N) is 2. The van der Waals surface area contributed by atoms with Crippen molar-refractivity contribution >= 4 is 11.0 Å². The molecule has 0 spiro atoms. The van der Waals surface area contributed by atoms with E-state index in [1.165, 1.54) is 0 Å². The zero-order valence-corrected chi connectivity index (χ0v) is 5.82. The molecule has 0 unspecified atom stereocenters. The quantitative estimate of drug-likeness (QED) is 0.647. The number of rotatable bonds is 1. The molecule has 0 saturated heterocycles. The fourth-order valence-electron chi connectivity index (χ4n) is 0.958. The van der Waals surface area contributed by atoms with Crippen molar-refractivity contribution in [3.63, 3.8) is 0 Å². The molecule has 0 aliphatic rings. The second-order valence-corrected chi connectivity index (χ2v) is 2.23. The zero-order valence-electron chi connectivity index (χ0n) is 5.82. The monoisotopic (exact) mass is 149 g/mol. The second-order valence-electron chi connectivity index (χ2n) is 2.23. The van der Waals surface area contributed by atoms with E-state index in [2.05, 4.69) is 10.2 Å². The Hall–Kier alpha value is -1.42. The number of hydrogen-bond donors (Lipinski definition) is 1. The van der Waals surface area contributed by atoms with Crippen LogP contribution in [0, 0.1) is 0 Å². The Morgan fingerprint density at radius 2 is 2.18 bits per heavy atom. The maximum atomic E-state index is 5.38. The van der Waals surface area contributed by atoms with Crippen LogP contribution in [0.1, 0.15) is 5.76 Å². The predicted octanol–water partition coefficient (Wildman–Crippen LogP) is 0.681. The fraction of sp³-hybridized carbons (Fsp3) is 0.143. The van der Waals surface area contributed by atoms with Crippen LogP contribution in [0.3, 0.4) is 0 Å². The number of furan rings is 1. The Bertz CT molecular complexity index is 335. The van der Waals surface area contributed by atoms with Gasteiger partial charge in [-0.3, -0.25) is 0 Å². The molecule has 4 heteroatoms. The fourth-order valence-corrected chi connectivity index (χ4v) is 0.958. The summed E-state index contributed by atoms with van der Waals surface area (Å²) >= 11 is 0. The normalized spacial score (nSPS) is 10.6. The van der Waals surface area contributed by atoms with Crippen molar-refractivity contribution < 1.29 is 4.42 Å². The molecule has 0 radical (unpaired) electrons. The van der Waals surface area contributed by atoms with Gasteiger partial charge in [0.15, 0.2) is 5.58 Å². The zero-order chi connectivity index (χ0) is 7.68. The van der Waals surface area contributed by atoms with Crippen LogP contribution in [0.4, 0.5) is 0 Å². The Kier molecular flexibility index (Phi) is 1.33. The summed E-state index contributed by atoms with van der Waals surface area (Å²) in [5.74, 6) is 0.759. The average Bonchev–Trinajstić information content (AvgIpc) is 2.46. The van der Waals surface area contributed by atoms with E-state index in [4.69, 9.17) is 10.2 Å². The van der Waals surface area contributed by atoms with E-state index < -0.39 is 0 Å². The van der Waals surface area contributed by atoms with Gasteiger partial charge in [-0.1, -0.05) is 0 Å². The molecule has 2 aromatic heterocycles. The van der Waals surface area contributed by atoms with E-state index in [9.17, 15) is 0 Å². The maximum Gasteiger partial charge on any atom is 0.156 e. The molecule has 11 heavy (non-hydrogen) atoms. The molecular weight excluding hydrogens is 142 g/mol. The molecule has 0 aliphatic heterocycles. The third kappa shape index (κ3) is 0.969. The Morgan fingerprint density at radius 1 is 1.36 bits per heavy atom. The number of nitrogens with two attached hydrogens (primary N) is 1. The molecule has 0 atom stereocenters.